The zero-order valence-electron chi connectivity index (χ0n) is 13.0. The molecule has 0 unspecified atom stereocenters. The average Bonchev–Trinajstić information content (AvgIpc) is 3.04. The van der Waals surface area contributed by atoms with Crippen molar-refractivity contribution in [2.24, 2.45) is 0 Å². The van der Waals surface area contributed by atoms with Crippen molar-refractivity contribution in [1.82, 2.24) is 5.16 Å². The summed E-state index contributed by atoms with van der Waals surface area (Å²) in [7, 11) is 0. The van der Waals surface area contributed by atoms with Gasteiger partial charge < -0.3 is 14.6 Å². The number of halogens is 2. The first-order valence-electron chi connectivity index (χ1n) is 7.45. The van der Waals surface area contributed by atoms with E-state index in [0.29, 0.717) is 22.7 Å². The predicted octanol–water partition coefficient (Wildman–Crippen LogP) is 3.78. The Kier molecular flexibility index (Phi) is 5.15. The number of rotatable bonds is 6. The van der Waals surface area contributed by atoms with Gasteiger partial charge in [0.2, 0.25) is 5.91 Å². The molecule has 3 aromatic rings. The molecule has 0 spiro atoms. The van der Waals surface area contributed by atoms with E-state index < -0.39 is 11.7 Å². The minimum Gasteiger partial charge on any atom is -0.365 e. The summed E-state index contributed by atoms with van der Waals surface area (Å²) in [5.74, 6) is -0.707. The second kappa shape index (κ2) is 7.67. The monoisotopic (exact) mass is 344 g/mol. The highest BCUT2D eigenvalue weighted by atomic mass is 19.1. The quantitative estimate of drug-likeness (QED) is 0.739. The lowest BCUT2D eigenvalue weighted by molar-refractivity contribution is -0.121. The summed E-state index contributed by atoms with van der Waals surface area (Å²) in [6, 6.07) is 13.0. The molecule has 1 heterocycles. The fourth-order valence-electron chi connectivity index (χ4n) is 2.14. The molecule has 3 rings (SSSR count). The van der Waals surface area contributed by atoms with E-state index in [1.807, 2.05) is 0 Å². The summed E-state index contributed by atoms with van der Waals surface area (Å²) >= 11 is 0. The van der Waals surface area contributed by atoms with Crippen LogP contribution in [0.4, 0.5) is 14.5 Å². The van der Waals surface area contributed by atoms with E-state index in [9.17, 15) is 13.6 Å². The normalized spacial score (nSPS) is 10.6. The highest BCUT2D eigenvalue weighted by molar-refractivity contribution is 5.91. The molecule has 0 atom stereocenters. The summed E-state index contributed by atoms with van der Waals surface area (Å²) in [5, 5.41) is 6.35. The van der Waals surface area contributed by atoms with Crippen molar-refractivity contribution in [2.45, 2.75) is 6.61 Å². The Morgan fingerprint density at radius 2 is 1.88 bits per heavy atom. The molecule has 0 aliphatic rings. The van der Waals surface area contributed by atoms with Crippen LogP contribution in [-0.2, 0) is 16.1 Å². The van der Waals surface area contributed by atoms with Gasteiger partial charge in [0.25, 0.3) is 0 Å². The summed E-state index contributed by atoms with van der Waals surface area (Å²) in [5.41, 5.74) is 1.54. The Hall–Kier alpha value is -3.06. The van der Waals surface area contributed by atoms with Crippen molar-refractivity contribution in [1.29, 1.82) is 0 Å². The van der Waals surface area contributed by atoms with Crippen molar-refractivity contribution < 1.29 is 22.8 Å². The molecule has 0 aliphatic carbocycles. The zero-order chi connectivity index (χ0) is 17.6. The maximum Gasteiger partial charge on any atom is 0.250 e. The van der Waals surface area contributed by atoms with E-state index in [1.165, 1.54) is 30.3 Å². The molecule has 0 saturated carbocycles. The van der Waals surface area contributed by atoms with Gasteiger partial charge >= 0.3 is 0 Å². The van der Waals surface area contributed by atoms with Gasteiger partial charge in [0, 0.05) is 17.3 Å². The molecule has 0 bridgehead atoms. The number of hydrogen-bond acceptors (Lipinski definition) is 4. The molecule has 0 radical (unpaired) electrons. The van der Waals surface area contributed by atoms with Gasteiger partial charge in [-0.15, -0.1) is 0 Å². The SMILES string of the molecule is O=C(COCc1cc(-c2ccc(F)cc2)on1)Nc1cccc(F)c1. The van der Waals surface area contributed by atoms with Gasteiger partial charge in [0.1, 0.15) is 23.9 Å². The number of nitrogens with one attached hydrogen (secondary N) is 1. The summed E-state index contributed by atoms with van der Waals surface area (Å²) in [4.78, 5) is 11.7. The van der Waals surface area contributed by atoms with Crippen LogP contribution in [-0.4, -0.2) is 17.7 Å². The molecule has 0 fully saturated rings. The fraction of sp³-hybridized carbons (Fsp3) is 0.111. The Labute approximate surface area is 142 Å². The Balaban J connectivity index is 1.49. The molecule has 0 saturated heterocycles. The third kappa shape index (κ3) is 4.71. The highest BCUT2D eigenvalue weighted by Crippen LogP contribution is 2.20. The second-order valence-electron chi connectivity index (χ2n) is 5.24. The number of carbonyl (C=O) groups excluding carboxylic acids is 1. The van der Waals surface area contributed by atoms with E-state index in [4.69, 9.17) is 9.26 Å². The van der Waals surface area contributed by atoms with Crippen molar-refractivity contribution in [3.05, 3.63) is 71.9 Å². The molecule has 2 aromatic carbocycles. The predicted molar refractivity (Wildman–Crippen MR) is 86.6 cm³/mol. The maximum atomic E-state index is 13.0. The summed E-state index contributed by atoms with van der Waals surface area (Å²) in [6.45, 7) is -0.142. The number of aromatic nitrogens is 1. The van der Waals surface area contributed by atoms with Crippen molar-refractivity contribution in [3.8, 4) is 11.3 Å². The average molecular weight is 344 g/mol. The first-order chi connectivity index (χ1) is 12.1. The van der Waals surface area contributed by atoms with Crippen molar-refractivity contribution in [2.75, 3.05) is 11.9 Å². The van der Waals surface area contributed by atoms with Gasteiger partial charge in [0.05, 0.1) is 6.61 Å². The fourth-order valence-corrected chi connectivity index (χ4v) is 2.14. The Morgan fingerprint density at radius 3 is 2.64 bits per heavy atom. The van der Waals surface area contributed by atoms with E-state index in [0.717, 1.165) is 0 Å². The first-order valence-corrected chi connectivity index (χ1v) is 7.45. The van der Waals surface area contributed by atoms with Gasteiger partial charge in [-0.25, -0.2) is 8.78 Å². The van der Waals surface area contributed by atoms with E-state index in [-0.39, 0.29) is 19.0 Å². The largest absolute Gasteiger partial charge is 0.365 e. The molecule has 128 valence electrons. The molecule has 0 aliphatic heterocycles. The standard InChI is InChI=1S/C18H14F2N2O3/c19-13-6-4-12(5-7-13)17-9-16(22-25-17)10-24-11-18(23)21-15-3-1-2-14(20)8-15/h1-9H,10-11H2,(H,21,23). The molecule has 1 amide bonds. The zero-order valence-corrected chi connectivity index (χ0v) is 13.0. The van der Waals surface area contributed by atoms with Crippen LogP contribution in [0.25, 0.3) is 11.3 Å². The minimum absolute atomic E-state index is 0.0707. The van der Waals surface area contributed by atoms with E-state index >= 15 is 0 Å². The van der Waals surface area contributed by atoms with Crippen LogP contribution in [0.15, 0.2) is 59.1 Å². The minimum atomic E-state index is -0.436. The second-order valence-corrected chi connectivity index (χ2v) is 5.24. The number of ether oxygens (including phenoxy) is 1. The number of nitrogens with zero attached hydrogens (tertiary/aromatic N) is 1. The lowest BCUT2D eigenvalue weighted by atomic mass is 10.1. The highest BCUT2D eigenvalue weighted by Gasteiger charge is 2.09. The molecular weight excluding hydrogens is 330 g/mol. The van der Waals surface area contributed by atoms with Crippen molar-refractivity contribution in [3.63, 3.8) is 0 Å². The first kappa shape index (κ1) is 16.8. The Bertz CT molecular complexity index is 863. The smallest absolute Gasteiger partial charge is 0.250 e. The lowest BCUT2D eigenvalue weighted by Gasteiger charge is -2.05. The number of benzene rings is 2. The van der Waals surface area contributed by atoms with Gasteiger partial charge in [-0.2, -0.15) is 0 Å². The van der Waals surface area contributed by atoms with Crippen LogP contribution >= 0.6 is 0 Å². The Morgan fingerprint density at radius 1 is 1.08 bits per heavy atom. The van der Waals surface area contributed by atoms with Crippen LogP contribution in [0.5, 0.6) is 0 Å². The molecular formula is C18H14F2N2O3. The van der Waals surface area contributed by atoms with Crippen LogP contribution in [0, 0.1) is 11.6 Å². The van der Waals surface area contributed by atoms with Gasteiger partial charge in [-0.3, -0.25) is 4.79 Å². The van der Waals surface area contributed by atoms with Crippen molar-refractivity contribution >= 4 is 11.6 Å². The molecule has 5 nitrogen and oxygen atoms in total. The third-order valence-corrected chi connectivity index (χ3v) is 3.28. The van der Waals surface area contributed by atoms with E-state index in [2.05, 4.69) is 10.5 Å². The van der Waals surface area contributed by atoms with Gasteiger partial charge in [-0.1, -0.05) is 11.2 Å². The number of carbonyl (C=O) groups is 1. The lowest BCUT2D eigenvalue weighted by Crippen LogP contribution is -2.18. The van der Waals surface area contributed by atoms with Gasteiger partial charge in [-0.05, 0) is 42.5 Å². The molecule has 7 heteroatoms. The van der Waals surface area contributed by atoms with Gasteiger partial charge in [0.15, 0.2) is 5.76 Å². The topological polar surface area (TPSA) is 64.4 Å². The number of hydrogen-bond donors (Lipinski definition) is 1. The maximum absolute atomic E-state index is 13.0. The third-order valence-electron chi connectivity index (χ3n) is 3.28. The molecule has 1 aromatic heterocycles. The molecule has 1 N–H and O–H groups in total. The summed E-state index contributed by atoms with van der Waals surface area (Å²) in [6.07, 6.45) is 0. The van der Waals surface area contributed by atoms with E-state index in [1.54, 1.807) is 24.3 Å². The van der Waals surface area contributed by atoms with Crippen LogP contribution in [0.1, 0.15) is 5.69 Å². The van der Waals surface area contributed by atoms with Crippen LogP contribution in [0.3, 0.4) is 0 Å². The van der Waals surface area contributed by atoms with Crippen LogP contribution < -0.4 is 5.32 Å². The van der Waals surface area contributed by atoms with Crippen LogP contribution in [0.2, 0.25) is 0 Å². The summed E-state index contributed by atoms with van der Waals surface area (Å²) < 4.78 is 36.4. The number of anilines is 1. The number of amides is 1. The molecule has 25 heavy (non-hydrogen) atoms.